The van der Waals surface area contributed by atoms with Crippen LogP contribution in [0.1, 0.15) is 61.8 Å². The van der Waals surface area contributed by atoms with E-state index in [1.165, 1.54) is 0 Å². The third-order valence-electron chi connectivity index (χ3n) is 5.60. The summed E-state index contributed by atoms with van der Waals surface area (Å²) >= 11 is 0. The smallest absolute Gasteiger partial charge is 0.382 e. The third-order valence-corrected chi connectivity index (χ3v) is 7.15. The van der Waals surface area contributed by atoms with Gasteiger partial charge in [0, 0.05) is 24.3 Å². The number of ketones is 1. The quantitative estimate of drug-likeness (QED) is 0.724. The zero-order chi connectivity index (χ0) is 21.3. The molecule has 28 heavy (non-hydrogen) atoms. The summed E-state index contributed by atoms with van der Waals surface area (Å²) in [6.45, 7) is 3.77. The van der Waals surface area contributed by atoms with Crippen molar-refractivity contribution >= 4 is 15.6 Å². The second kappa shape index (κ2) is 6.22. The number of carbonyl (C=O) groups excluding carboxylic acids is 1. The van der Waals surface area contributed by atoms with Crippen LogP contribution in [-0.4, -0.2) is 30.7 Å². The van der Waals surface area contributed by atoms with Crippen LogP contribution < -0.4 is 0 Å². The van der Waals surface area contributed by atoms with Gasteiger partial charge in [0.05, 0.1) is 4.90 Å². The summed E-state index contributed by atoms with van der Waals surface area (Å²) < 4.78 is 91.2. The molecule has 0 spiro atoms. The van der Waals surface area contributed by atoms with Crippen molar-refractivity contribution in [2.75, 3.05) is 0 Å². The van der Waals surface area contributed by atoms with Crippen LogP contribution in [0.4, 0.5) is 22.0 Å². The second-order valence-electron chi connectivity index (χ2n) is 8.22. The van der Waals surface area contributed by atoms with Gasteiger partial charge in [-0.2, -0.15) is 13.2 Å². The first-order valence-electron chi connectivity index (χ1n) is 8.64. The van der Waals surface area contributed by atoms with Gasteiger partial charge >= 0.3 is 5.51 Å². The van der Waals surface area contributed by atoms with Crippen LogP contribution >= 0.6 is 0 Å². The summed E-state index contributed by atoms with van der Waals surface area (Å²) in [5, 5.41) is 9.94. The lowest BCUT2D eigenvalue weighted by Crippen LogP contribution is -2.29. The number of hydrogen-bond donors (Lipinski definition) is 1. The average Bonchev–Trinajstić information content (AvgIpc) is 2.78. The van der Waals surface area contributed by atoms with Crippen LogP contribution in [0.5, 0.6) is 0 Å². The van der Waals surface area contributed by atoms with Crippen molar-refractivity contribution in [1.82, 2.24) is 0 Å². The van der Waals surface area contributed by atoms with Gasteiger partial charge in [-0.25, -0.2) is 17.2 Å². The lowest BCUT2D eigenvalue weighted by atomic mass is 9.68. The van der Waals surface area contributed by atoms with Crippen molar-refractivity contribution < 1.29 is 40.3 Å². The molecule has 3 rings (SSSR count). The number of benzene rings is 1. The van der Waals surface area contributed by atoms with E-state index in [4.69, 9.17) is 0 Å². The molecule has 0 unspecified atom stereocenters. The van der Waals surface area contributed by atoms with E-state index in [-0.39, 0.29) is 28.7 Å². The molecule has 10 heteroatoms. The molecule has 1 aromatic rings. The normalized spacial score (nSPS) is 26.9. The molecule has 156 valence electrons. The molecular weight excluding hydrogens is 407 g/mol. The molecule has 2 aliphatic rings. The predicted molar refractivity (Wildman–Crippen MR) is 88.7 cm³/mol. The lowest BCUT2D eigenvalue weighted by molar-refractivity contribution is -0.123. The number of carbonyl (C=O) groups is 1. The maximum Gasteiger partial charge on any atom is 0.501 e. The summed E-state index contributed by atoms with van der Waals surface area (Å²) in [4.78, 5) is 11.0. The predicted octanol–water partition coefficient (Wildman–Crippen LogP) is 4.07. The van der Waals surface area contributed by atoms with Gasteiger partial charge in [-0.05, 0) is 35.4 Å². The number of rotatable bonds is 2. The van der Waals surface area contributed by atoms with Gasteiger partial charge in [0.25, 0.3) is 15.8 Å². The molecule has 0 radical (unpaired) electrons. The molecule has 1 N–H and O–H groups in total. The minimum Gasteiger partial charge on any atom is -0.382 e. The number of fused-ring (bicyclic) bond motifs is 1. The van der Waals surface area contributed by atoms with E-state index >= 15 is 0 Å². The van der Waals surface area contributed by atoms with Crippen LogP contribution in [0.3, 0.4) is 0 Å². The largest absolute Gasteiger partial charge is 0.501 e. The molecule has 2 atom stereocenters. The maximum absolute atomic E-state index is 14.2. The highest BCUT2D eigenvalue weighted by atomic mass is 32.2. The Morgan fingerprint density at radius 2 is 1.79 bits per heavy atom. The van der Waals surface area contributed by atoms with Crippen molar-refractivity contribution in [3.8, 4) is 0 Å². The molecule has 0 aromatic heterocycles. The van der Waals surface area contributed by atoms with Crippen LogP contribution in [0, 0.1) is 5.41 Å². The first-order chi connectivity index (χ1) is 12.6. The molecule has 0 aliphatic heterocycles. The zero-order valence-corrected chi connectivity index (χ0v) is 15.9. The Kier molecular flexibility index (Phi) is 4.70. The van der Waals surface area contributed by atoms with E-state index in [2.05, 4.69) is 0 Å². The lowest BCUT2D eigenvalue weighted by Gasteiger charge is -2.35. The van der Waals surface area contributed by atoms with Gasteiger partial charge in [0.15, 0.2) is 0 Å². The number of Topliss-reactive ketones (excluding diaryl/α,β-unsaturated/α-hetero) is 1. The highest BCUT2D eigenvalue weighted by molar-refractivity contribution is 7.92. The highest BCUT2D eigenvalue weighted by Crippen LogP contribution is 2.52. The molecule has 1 aromatic carbocycles. The number of halogens is 5. The van der Waals surface area contributed by atoms with Crippen LogP contribution in [0.15, 0.2) is 17.0 Å². The van der Waals surface area contributed by atoms with Gasteiger partial charge in [-0.15, -0.1) is 0 Å². The fraction of sp³-hybridized carbons (Fsp3) is 0.611. The highest BCUT2D eigenvalue weighted by Gasteiger charge is 2.55. The Morgan fingerprint density at radius 1 is 1.18 bits per heavy atom. The Labute approximate surface area is 158 Å². The number of aliphatic hydroxyl groups excluding tert-OH is 1. The fourth-order valence-electron chi connectivity index (χ4n) is 4.07. The van der Waals surface area contributed by atoms with Gasteiger partial charge in [-0.1, -0.05) is 19.9 Å². The summed E-state index contributed by atoms with van der Waals surface area (Å²) in [5.74, 6) is -4.90. The number of alkyl halides is 5. The van der Waals surface area contributed by atoms with Gasteiger partial charge in [0.2, 0.25) is 0 Å². The summed E-state index contributed by atoms with van der Waals surface area (Å²) in [6.07, 6.45) is -2.74. The van der Waals surface area contributed by atoms with Crippen LogP contribution in [0.25, 0.3) is 0 Å². The fourth-order valence-corrected chi connectivity index (χ4v) is 5.09. The summed E-state index contributed by atoms with van der Waals surface area (Å²) in [7, 11) is -5.95. The Balaban J connectivity index is 2.24. The zero-order valence-electron chi connectivity index (χ0n) is 15.1. The Morgan fingerprint density at radius 3 is 2.36 bits per heavy atom. The molecule has 4 nitrogen and oxygen atoms in total. The standard InChI is InChI=1S/C18H19F5O4S/c1-16(2)6-5-12(24)10(7-16)9-3-4-13(28(26,27)18(21,22)23)14-11(9)8-17(19,20)15(14)25/h3-4,10,15,25H,5-8H2,1-2H3/t10-,15-/m0/s1. The molecule has 0 heterocycles. The van der Waals surface area contributed by atoms with Gasteiger partial charge in [0.1, 0.15) is 11.9 Å². The Hall–Kier alpha value is -1.55. The summed E-state index contributed by atoms with van der Waals surface area (Å²) in [5.41, 5.74) is -7.25. The third kappa shape index (κ3) is 3.24. The van der Waals surface area contributed by atoms with E-state index in [1.54, 1.807) is 0 Å². The molecular formula is C18H19F5O4S. The monoisotopic (exact) mass is 426 g/mol. The molecule has 1 fully saturated rings. The van der Waals surface area contributed by atoms with Crippen molar-refractivity contribution in [2.45, 2.75) is 67.9 Å². The van der Waals surface area contributed by atoms with E-state index in [9.17, 15) is 40.3 Å². The first kappa shape index (κ1) is 21.2. The number of hydrogen-bond acceptors (Lipinski definition) is 4. The first-order valence-corrected chi connectivity index (χ1v) is 10.1. The molecule has 0 amide bonds. The van der Waals surface area contributed by atoms with Crippen molar-refractivity contribution in [3.63, 3.8) is 0 Å². The second-order valence-corrected chi connectivity index (χ2v) is 10.1. The molecule has 1 saturated carbocycles. The number of aliphatic hydroxyl groups is 1. The minimum atomic E-state index is -5.95. The van der Waals surface area contributed by atoms with E-state index < -0.39 is 50.2 Å². The summed E-state index contributed by atoms with van der Waals surface area (Å²) in [6, 6.07) is 1.59. The van der Waals surface area contributed by atoms with Gasteiger partial charge < -0.3 is 5.11 Å². The van der Waals surface area contributed by atoms with Crippen LogP contribution in [-0.2, 0) is 21.1 Å². The van der Waals surface area contributed by atoms with E-state index in [0.29, 0.717) is 18.9 Å². The van der Waals surface area contributed by atoms with Crippen LogP contribution in [0.2, 0.25) is 0 Å². The van der Waals surface area contributed by atoms with E-state index in [1.807, 2.05) is 13.8 Å². The average molecular weight is 426 g/mol. The topological polar surface area (TPSA) is 71.4 Å². The van der Waals surface area contributed by atoms with Crippen molar-refractivity contribution in [3.05, 3.63) is 28.8 Å². The number of sulfone groups is 1. The molecule has 0 saturated heterocycles. The van der Waals surface area contributed by atoms with Crippen molar-refractivity contribution in [1.29, 1.82) is 0 Å². The Bertz CT molecular complexity index is 934. The van der Waals surface area contributed by atoms with E-state index in [0.717, 1.165) is 6.07 Å². The SMILES string of the molecule is CC1(C)CCC(=O)[C@H](c2ccc(S(=O)(=O)C(F)(F)F)c3c2CC(F)(F)[C@H]3O)C1. The molecule has 0 bridgehead atoms. The van der Waals surface area contributed by atoms with Gasteiger partial charge in [-0.3, -0.25) is 4.79 Å². The van der Waals surface area contributed by atoms with Crippen molar-refractivity contribution in [2.24, 2.45) is 5.41 Å². The maximum atomic E-state index is 14.2. The minimum absolute atomic E-state index is 0.0742. The molecule has 2 aliphatic carbocycles.